The minimum Gasteiger partial charge on any atom is -0.444 e. The average Bonchev–Trinajstić information content (AvgIpc) is 3.59. The molecule has 2 aromatic carbocycles. The second kappa shape index (κ2) is 12.7. The zero-order chi connectivity index (χ0) is 32.7. The van der Waals surface area contributed by atoms with Crippen molar-refractivity contribution in [1.82, 2.24) is 19.4 Å². The Hall–Kier alpha value is -3.60. The van der Waals surface area contributed by atoms with E-state index in [1.54, 1.807) is 26.8 Å². The third-order valence-electron chi connectivity index (χ3n) is 8.75. The maximum absolute atomic E-state index is 15.4. The molecule has 0 spiro atoms. The number of nitriles is 1. The molecule has 3 fully saturated rings. The molecule has 242 valence electrons. The van der Waals surface area contributed by atoms with Gasteiger partial charge in [-0.3, -0.25) is 9.69 Å². The largest absolute Gasteiger partial charge is 0.444 e. The van der Waals surface area contributed by atoms with Crippen LogP contribution in [0.5, 0.6) is 0 Å². The zero-order valence-electron chi connectivity index (χ0n) is 25.9. The summed E-state index contributed by atoms with van der Waals surface area (Å²) in [6.45, 7) is 6.80. The summed E-state index contributed by atoms with van der Waals surface area (Å²) in [5.74, 6) is -2.07. The monoisotopic (exact) mass is 643 g/mol. The summed E-state index contributed by atoms with van der Waals surface area (Å²) < 4.78 is 63.4. The predicted molar refractivity (Wildman–Crippen MR) is 162 cm³/mol. The summed E-state index contributed by atoms with van der Waals surface area (Å²) in [5.41, 5.74) is 0.0828. The maximum Gasteiger partial charge on any atom is 0.411 e. The highest BCUT2D eigenvalue weighted by Crippen LogP contribution is 2.43. The molecule has 2 heterocycles. The Labute approximate surface area is 263 Å². The number of hydrogen-bond donors (Lipinski definition) is 1. The molecule has 2 aromatic rings. The molecule has 45 heavy (non-hydrogen) atoms. The summed E-state index contributed by atoms with van der Waals surface area (Å²) in [6, 6.07) is 7.96. The van der Waals surface area contributed by atoms with E-state index in [-0.39, 0.29) is 37.0 Å². The number of piperidine rings is 1. The van der Waals surface area contributed by atoms with E-state index < -0.39 is 56.2 Å². The first-order valence-electron chi connectivity index (χ1n) is 15.2. The molecule has 0 radical (unpaired) electrons. The lowest BCUT2D eigenvalue weighted by molar-refractivity contribution is -0.128. The second-order valence-electron chi connectivity index (χ2n) is 13.1. The van der Waals surface area contributed by atoms with Gasteiger partial charge in [0.15, 0.2) is 0 Å². The van der Waals surface area contributed by atoms with E-state index in [9.17, 15) is 27.7 Å². The van der Waals surface area contributed by atoms with Crippen molar-refractivity contribution in [2.75, 3.05) is 33.2 Å². The number of halogens is 2. The molecule has 2 saturated heterocycles. The quantitative estimate of drug-likeness (QED) is 0.486. The van der Waals surface area contributed by atoms with Crippen molar-refractivity contribution in [3.05, 3.63) is 53.6 Å². The van der Waals surface area contributed by atoms with Crippen LogP contribution in [0.1, 0.15) is 45.6 Å². The van der Waals surface area contributed by atoms with Gasteiger partial charge in [0.1, 0.15) is 34.2 Å². The van der Waals surface area contributed by atoms with E-state index in [2.05, 4.69) is 5.32 Å². The summed E-state index contributed by atoms with van der Waals surface area (Å²) in [4.78, 5) is 29.3. The van der Waals surface area contributed by atoms with E-state index in [4.69, 9.17) is 4.74 Å². The minimum absolute atomic E-state index is 0.0430. The van der Waals surface area contributed by atoms with E-state index in [0.717, 1.165) is 18.9 Å². The molecule has 10 nitrogen and oxygen atoms in total. The number of benzene rings is 2. The molecule has 2 amide bonds. The van der Waals surface area contributed by atoms with Crippen molar-refractivity contribution in [2.24, 2.45) is 5.92 Å². The minimum atomic E-state index is -4.10. The highest BCUT2D eigenvalue weighted by atomic mass is 32.2. The van der Waals surface area contributed by atoms with E-state index >= 15 is 4.39 Å². The van der Waals surface area contributed by atoms with Crippen LogP contribution in [0.3, 0.4) is 0 Å². The van der Waals surface area contributed by atoms with Crippen molar-refractivity contribution in [1.29, 1.82) is 5.26 Å². The molecule has 2 aliphatic heterocycles. The number of amides is 2. The number of rotatable bonds is 7. The molecule has 3 unspecified atom stereocenters. The van der Waals surface area contributed by atoms with Crippen molar-refractivity contribution < 1.29 is 31.5 Å². The van der Waals surface area contributed by atoms with Gasteiger partial charge in [0.25, 0.3) is 0 Å². The lowest BCUT2D eigenvalue weighted by atomic mass is 9.97. The van der Waals surface area contributed by atoms with Crippen molar-refractivity contribution >= 4 is 22.0 Å². The predicted octanol–water partition coefficient (Wildman–Crippen LogP) is 3.91. The van der Waals surface area contributed by atoms with Gasteiger partial charge < -0.3 is 15.0 Å². The summed E-state index contributed by atoms with van der Waals surface area (Å²) in [5, 5.41) is 12.5. The second-order valence-corrected chi connectivity index (χ2v) is 15.0. The fourth-order valence-corrected chi connectivity index (χ4v) is 7.96. The first-order chi connectivity index (χ1) is 21.2. The van der Waals surface area contributed by atoms with E-state index in [1.165, 1.54) is 33.5 Å². The number of nitrogens with zero attached hydrogens (tertiary/aromatic N) is 4. The standard InChI is InChI=1S/C32H39F2N5O5S/c1-32(2,3)44-31(41)39-25-9-7-23(16-25)29(39)30(40)36-24(19-35)15-22-6-5-20(17-27(22)34)21-8-10-26(33)28(18-21)45(42,43)38-13-11-37(4)12-14-38/h5-6,8,10,17-18,23-25,29H,7,9,11-16H2,1-4H3,(H,36,40)/t23?,24-,25?,29?/m0/s1. The average molecular weight is 644 g/mol. The van der Waals surface area contributed by atoms with Gasteiger partial charge in [-0.2, -0.15) is 9.57 Å². The molecule has 0 aromatic heterocycles. The Kier molecular flexibility index (Phi) is 9.22. The Bertz CT molecular complexity index is 1610. The van der Waals surface area contributed by atoms with Gasteiger partial charge in [-0.25, -0.2) is 22.0 Å². The molecule has 3 aliphatic rings. The molecule has 5 rings (SSSR count). The van der Waals surface area contributed by atoms with Crippen LogP contribution in [-0.4, -0.2) is 91.5 Å². The van der Waals surface area contributed by atoms with E-state index in [0.29, 0.717) is 30.6 Å². The van der Waals surface area contributed by atoms with Crippen LogP contribution < -0.4 is 5.32 Å². The molecule has 1 N–H and O–H groups in total. The third-order valence-corrected chi connectivity index (χ3v) is 10.7. The number of fused-ring (bicyclic) bond motifs is 2. The van der Waals surface area contributed by atoms with Crippen molar-refractivity contribution in [3.63, 3.8) is 0 Å². The van der Waals surface area contributed by atoms with Gasteiger partial charge in [0, 0.05) is 38.6 Å². The van der Waals surface area contributed by atoms with Gasteiger partial charge in [0.2, 0.25) is 15.9 Å². The lowest BCUT2D eigenvalue weighted by Crippen LogP contribution is -2.55. The lowest BCUT2D eigenvalue weighted by Gasteiger charge is -2.35. The molecule has 13 heteroatoms. The highest BCUT2D eigenvalue weighted by Gasteiger charge is 2.52. The smallest absolute Gasteiger partial charge is 0.411 e. The Balaban J connectivity index is 1.29. The van der Waals surface area contributed by atoms with Crippen LogP contribution in [0, 0.1) is 28.9 Å². The third kappa shape index (κ3) is 6.98. The number of carbonyl (C=O) groups is 2. The Morgan fingerprint density at radius 2 is 1.71 bits per heavy atom. The number of likely N-dealkylation sites (N-methyl/N-ethyl adjacent to an activating group) is 1. The van der Waals surface area contributed by atoms with E-state index in [1.807, 2.05) is 18.0 Å². The number of ether oxygens (including phenoxy) is 1. The summed E-state index contributed by atoms with van der Waals surface area (Å²) >= 11 is 0. The molecular formula is C32H39F2N5O5S. The van der Waals surface area contributed by atoms with Crippen LogP contribution >= 0.6 is 0 Å². The Morgan fingerprint density at radius 1 is 1.04 bits per heavy atom. The van der Waals surface area contributed by atoms with Crippen molar-refractivity contribution in [3.8, 4) is 17.2 Å². The number of piperazine rings is 1. The molecule has 2 bridgehead atoms. The van der Waals surface area contributed by atoms with Crippen LogP contribution in [0.15, 0.2) is 41.3 Å². The number of carbonyl (C=O) groups excluding carboxylic acids is 2. The first-order valence-corrected chi connectivity index (χ1v) is 16.6. The maximum atomic E-state index is 15.4. The normalized spacial score (nSPS) is 23.0. The van der Waals surface area contributed by atoms with Crippen LogP contribution in [-0.2, 0) is 26.0 Å². The van der Waals surface area contributed by atoms with Gasteiger partial charge in [-0.1, -0.05) is 18.2 Å². The first kappa shape index (κ1) is 32.8. The van der Waals surface area contributed by atoms with Crippen molar-refractivity contribution in [2.45, 2.75) is 75.1 Å². The Morgan fingerprint density at radius 3 is 2.36 bits per heavy atom. The molecule has 1 saturated carbocycles. The topological polar surface area (TPSA) is 123 Å². The number of sulfonamides is 1. The van der Waals surface area contributed by atoms with Crippen LogP contribution in [0.2, 0.25) is 0 Å². The zero-order valence-corrected chi connectivity index (χ0v) is 26.7. The SMILES string of the molecule is CN1CCN(S(=O)(=O)c2cc(-c3ccc(C[C@@H](C#N)NC(=O)C4C5CCC(C5)N4C(=O)OC(C)(C)C)c(F)c3)ccc2F)CC1. The number of nitrogens with one attached hydrogen (secondary N) is 1. The van der Waals surface area contributed by atoms with Crippen LogP contribution in [0.25, 0.3) is 11.1 Å². The number of hydrogen-bond acceptors (Lipinski definition) is 7. The fourth-order valence-electron chi connectivity index (χ4n) is 6.45. The van der Waals surface area contributed by atoms with Crippen LogP contribution in [0.4, 0.5) is 13.6 Å². The van der Waals surface area contributed by atoms with Gasteiger partial charge >= 0.3 is 6.09 Å². The van der Waals surface area contributed by atoms with Gasteiger partial charge in [0.05, 0.1) is 6.07 Å². The molecule has 1 aliphatic carbocycles. The molecule has 4 atom stereocenters. The molecular weight excluding hydrogens is 604 g/mol. The van der Waals surface area contributed by atoms with Gasteiger partial charge in [-0.15, -0.1) is 0 Å². The summed E-state index contributed by atoms with van der Waals surface area (Å²) in [7, 11) is -2.21. The highest BCUT2D eigenvalue weighted by molar-refractivity contribution is 7.89. The van der Waals surface area contributed by atoms with Gasteiger partial charge in [-0.05, 0) is 87.9 Å². The number of likely N-dealkylation sites (tertiary alicyclic amines) is 1. The summed E-state index contributed by atoms with van der Waals surface area (Å²) in [6.07, 6.45) is 1.56. The fraction of sp³-hybridized carbons (Fsp3) is 0.531.